The van der Waals surface area contributed by atoms with Gasteiger partial charge in [-0.25, -0.2) is 4.98 Å². The van der Waals surface area contributed by atoms with Crippen molar-refractivity contribution in [1.29, 1.82) is 0 Å². The predicted octanol–water partition coefficient (Wildman–Crippen LogP) is 1.14. The van der Waals surface area contributed by atoms with Crippen molar-refractivity contribution in [3.63, 3.8) is 0 Å². The molecule has 0 bridgehead atoms. The molecule has 0 unspecified atom stereocenters. The number of anilines is 1. The fraction of sp³-hybridized carbons (Fsp3) is 0.667. The van der Waals surface area contributed by atoms with Crippen LogP contribution in [-0.4, -0.2) is 34.4 Å². The molecule has 1 heterocycles. The molecule has 1 aromatic rings. The molecular formula is C9H16N4OS. The summed E-state index contributed by atoms with van der Waals surface area (Å²) in [6, 6.07) is 0. The van der Waals surface area contributed by atoms with Crippen LogP contribution < -0.4 is 5.73 Å². The fourth-order valence-corrected chi connectivity index (χ4v) is 1.41. The SMILES string of the molecule is CCCOCCc1nc(N)nc(SC)n1. The van der Waals surface area contributed by atoms with Crippen molar-refractivity contribution in [3.05, 3.63) is 5.82 Å². The third-order valence-corrected chi connectivity index (χ3v) is 2.23. The summed E-state index contributed by atoms with van der Waals surface area (Å²) < 4.78 is 5.35. The third-order valence-electron chi connectivity index (χ3n) is 1.68. The van der Waals surface area contributed by atoms with Gasteiger partial charge in [-0.1, -0.05) is 18.7 Å². The van der Waals surface area contributed by atoms with Gasteiger partial charge >= 0.3 is 0 Å². The van der Waals surface area contributed by atoms with Crippen molar-refractivity contribution in [3.8, 4) is 0 Å². The van der Waals surface area contributed by atoms with Crippen molar-refractivity contribution in [2.45, 2.75) is 24.9 Å². The van der Waals surface area contributed by atoms with Crippen LogP contribution in [0.15, 0.2) is 5.16 Å². The maximum absolute atomic E-state index is 5.55. The van der Waals surface area contributed by atoms with Gasteiger partial charge in [0.15, 0.2) is 5.16 Å². The lowest BCUT2D eigenvalue weighted by atomic mass is 10.4. The molecule has 0 aromatic carbocycles. The molecule has 6 heteroatoms. The van der Waals surface area contributed by atoms with Crippen LogP contribution in [0.2, 0.25) is 0 Å². The van der Waals surface area contributed by atoms with Gasteiger partial charge in [0.05, 0.1) is 6.61 Å². The van der Waals surface area contributed by atoms with E-state index in [1.165, 1.54) is 11.8 Å². The summed E-state index contributed by atoms with van der Waals surface area (Å²) in [6.45, 7) is 3.48. The summed E-state index contributed by atoms with van der Waals surface area (Å²) in [7, 11) is 0. The number of rotatable bonds is 6. The van der Waals surface area contributed by atoms with Gasteiger partial charge in [-0.3, -0.25) is 0 Å². The standard InChI is InChI=1S/C9H16N4OS/c1-3-5-14-6-4-7-11-8(10)13-9(12-7)15-2/h3-6H2,1-2H3,(H2,10,11,12,13). The molecule has 1 aromatic heterocycles. The second kappa shape index (κ2) is 6.58. The first-order valence-corrected chi connectivity index (χ1v) is 6.11. The molecule has 0 radical (unpaired) electrons. The number of ether oxygens (including phenoxy) is 1. The minimum Gasteiger partial charge on any atom is -0.381 e. The molecule has 84 valence electrons. The van der Waals surface area contributed by atoms with Crippen molar-refractivity contribution < 1.29 is 4.74 Å². The summed E-state index contributed by atoms with van der Waals surface area (Å²) in [6.07, 6.45) is 3.61. The number of nitrogens with two attached hydrogens (primary N) is 1. The van der Waals surface area contributed by atoms with Crippen LogP contribution in [-0.2, 0) is 11.2 Å². The average Bonchev–Trinajstić information content (AvgIpc) is 2.23. The van der Waals surface area contributed by atoms with Crippen LogP contribution in [0.25, 0.3) is 0 Å². The first-order valence-electron chi connectivity index (χ1n) is 4.88. The van der Waals surface area contributed by atoms with Crippen LogP contribution in [0, 0.1) is 0 Å². The Balaban J connectivity index is 2.49. The van der Waals surface area contributed by atoms with Crippen molar-refractivity contribution in [2.24, 2.45) is 0 Å². The molecule has 0 saturated heterocycles. The highest BCUT2D eigenvalue weighted by Gasteiger charge is 2.03. The van der Waals surface area contributed by atoms with E-state index in [0.29, 0.717) is 24.0 Å². The molecule has 0 aliphatic rings. The van der Waals surface area contributed by atoms with Gasteiger partial charge in [0, 0.05) is 13.0 Å². The van der Waals surface area contributed by atoms with Gasteiger partial charge in [-0.2, -0.15) is 9.97 Å². The van der Waals surface area contributed by atoms with Crippen LogP contribution in [0.4, 0.5) is 5.95 Å². The Morgan fingerprint density at radius 1 is 1.27 bits per heavy atom. The van der Waals surface area contributed by atoms with E-state index >= 15 is 0 Å². The van der Waals surface area contributed by atoms with Crippen LogP contribution in [0.5, 0.6) is 0 Å². The molecule has 0 spiro atoms. The Morgan fingerprint density at radius 2 is 2.07 bits per heavy atom. The van der Waals surface area contributed by atoms with Crippen molar-refractivity contribution in [2.75, 3.05) is 25.2 Å². The van der Waals surface area contributed by atoms with E-state index in [9.17, 15) is 0 Å². The Bertz CT molecular complexity index is 308. The van der Waals surface area contributed by atoms with E-state index in [1.54, 1.807) is 0 Å². The molecule has 0 amide bonds. The number of aromatic nitrogens is 3. The predicted molar refractivity (Wildman–Crippen MR) is 60.8 cm³/mol. The van der Waals surface area contributed by atoms with E-state index in [4.69, 9.17) is 10.5 Å². The number of thioether (sulfide) groups is 1. The monoisotopic (exact) mass is 228 g/mol. The van der Waals surface area contributed by atoms with Crippen LogP contribution >= 0.6 is 11.8 Å². The molecule has 0 aliphatic carbocycles. The van der Waals surface area contributed by atoms with Gasteiger partial charge in [0.1, 0.15) is 5.82 Å². The number of hydrogen-bond acceptors (Lipinski definition) is 6. The van der Waals surface area contributed by atoms with Gasteiger partial charge in [-0.05, 0) is 12.7 Å². The van der Waals surface area contributed by atoms with Crippen LogP contribution in [0.1, 0.15) is 19.2 Å². The topological polar surface area (TPSA) is 73.9 Å². The summed E-state index contributed by atoms with van der Waals surface area (Å²) >= 11 is 1.46. The number of nitrogens with zero attached hydrogens (tertiary/aromatic N) is 3. The normalized spacial score (nSPS) is 10.5. The minimum absolute atomic E-state index is 0.278. The summed E-state index contributed by atoms with van der Waals surface area (Å²) in [5, 5.41) is 0.660. The minimum atomic E-state index is 0.278. The van der Waals surface area contributed by atoms with Crippen molar-refractivity contribution in [1.82, 2.24) is 15.0 Å². The first kappa shape index (κ1) is 12.2. The van der Waals surface area contributed by atoms with E-state index in [2.05, 4.69) is 21.9 Å². The molecule has 1 rings (SSSR count). The lowest BCUT2D eigenvalue weighted by Crippen LogP contribution is -2.07. The highest BCUT2D eigenvalue weighted by atomic mass is 32.2. The summed E-state index contributed by atoms with van der Waals surface area (Å²) in [5.74, 6) is 0.975. The Kier molecular flexibility index (Phi) is 5.34. The largest absolute Gasteiger partial charge is 0.381 e. The third kappa shape index (κ3) is 4.44. The molecule has 0 atom stereocenters. The molecular weight excluding hydrogens is 212 g/mol. The zero-order valence-corrected chi connectivity index (χ0v) is 9.88. The highest BCUT2D eigenvalue weighted by Crippen LogP contribution is 2.09. The maximum Gasteiger partial charge on any atom is 0.224 e. The van der Waals surface area contributed by atoms with Crippen molar-refractivity contribution >= 4 is 17.7 Å². The smallest absolute Gasteiger partial charge is 0.224 e. The van der Waals surface area contributed by atoms with Gasteiger partial charge in [-0.15, -0.1) is 0 Å². The summed E-state index contributed by atoms with van der Waals surface area (Å²) in [5.41, 5.74) is 5.55. The molecule has 0 fully saturated rings. The molecule has 0 saturated carbocycles. The molecule has 2 N–H and O–H groups in total. The summed E-state index contributed by atoms with van der Waals surface area (Å²) in [4.78, 5) is 12.2. The van der Waals surface area contributed by atoms with Gasteiger partial charge in [0.2, 0.25) is 5.95 Å². The lowest BCUT2D eigenvalue weighted by molar-refractivity contribution is 0.136. The van der Waals surface area contributed by atoms with Crippen LogP contribution in [0.3, 0.4) is 0 Å². The van der Waals surface area contributed by atoms with E-state index in [-0.39, 0.29) is 5.95 Å². The maximum atomic E-state index is 5.55. The Morgan fingerprint density at radius 3 is 2.73 bits per heavy atom. The zero-order valence-electron chi connectivity index (χ0n) is 9.06. The average molecular weight is 228 g/mol. The fourth-order valence-electron chi connectivity index (χ4n) is 1.03. The second-order valence-electron chi connectivity index (χ2n) is 2.96. The second-order valence-corrected chi connectivity index (χ2v) is 3.73. The number of hydrogen-bond donors (Lipinski definition) is 1. The van der Waals surface area contributed by atoms with E-state index in [1.807, 2.05) is 6.26 Å². The zero-order chi connectivity index (χ0) is 11.1. The Labute approximate surface area is 93.9 Å². The number of nitrogen functional groups attached to an aromatic ring is 1. The van der Waals surface area contributed by atoms with E-state index < -0.39 is 0 Å². The lowest BCUT2D eigenvalue weighted by Gasteiger charge is -2.03. The Hall–Kier alpha value is -0.880. The van der Waals surface area contributed by atoms with E-state index in [0.717, 1.165) is 13.0 Å². The highest BCUT2D eigenvalue weighted by molar-refractivity contribution is 7.98. The first-order chi connectivity index (χ1) is 7.26. The molecule has 15 heavy (non-hydrogen) atoms. The van der Waals surface area contributed by atoms with Gasteiger partial charge < -0.3 is 10.5 Å². The molecule has 0 aliphatic heterocycles. The van der Waals surface area contributed by atoms with Gasteiger partial charge in [0.25, 0.3) is 0 Å². The quantitative estimate of drug-likeness (QED) is 0.581. The molecule has 5 nitrogen and oxygen atoms in total.